The van der Waals surface area contributed by atoms with Gasteiger partial charge in [-0.3, -0.25) is 0 Å². The summed E-state index contributed by atoms with van der Waals surface area (Å²) < 4.78 is 27.5. The molecule has 1 aliphatic carbocycles. The number of piperidine rings is 1. The Bertz CT molecular complexity index is 1130. The lowest BCUT2D eigenvalue weighted by atomic mass is 9.74. The first-order chi connectivity index (χ1) is 17.3. The molecule has 1 N–H and O–H groups in total. The zero-order valence-corrected chi connectivity index (χ0v) is 23.5. The molecule has 2 aromatic rings. The molecule has 1 saturated heterocycles. The van der Waals surface area contributed by atoms with Gasteiger partial charge in [0, 0.05) is 36.3 Å². The number of hydrogen-bond acceptors (Lipinski definition) is 7. The lowest BCUT2D eigenvalue weighted by Gasteiger charge is -2.43. The maximum Gasteiger partial charge on any atom is 0.410 e. The Kier molecular flexibility index (Phi) is 7.79. The first-order valence-electron chi connectivity index (χ1n) is 13.0. The maximum atomic E-state index is 13.0. The van der Waals surface area contributed by atoms with Crippen LogP contribution in [-0.4, -0.2) is 62.1 Å². The van der Waals surface area contributed by atoms with Crippen molar-refractivity contribution in [2.24, 2.45) is 5.41 Å². The van der Waals surface area contributed by atoms with Gasteiger partial charge in [0.2, 0.25) is 0 Å². The highest BCUT2D eigenvalue weighted by Crippen LogP contribution is 2.48. The normalized spacial score (nSPS) is 22.7. The number of nitrogens with zero attached hydrogens (tertiary/aromatic N) is 2. The summed E-state index contributed by atoms with van der Waals surface area (Å²) in [5.74, 6) is -0.449. The van der Waals surface area contributed by atoms with Gasteiger partial charge in [0.25, 0.3) is 0 Å². The van der Waals surface area contributed by atoms with Gasteiger partial charge in [0.1, 0.15) is 22.1 Å². The molecular weight excluding hydrogens is 490 g/mol. The summed E-state index contributed by atoms with van der Waals surface area (Å²) >= 11 is -1.27. The molecule has 4 rings (SSSR count). The van der Waals surface area contributed by atoms with E-state index in [0.717, 1.165) is 10.9 Å². The zero-order chi connectivity index (χ0) is 27.0. The number of carbonyl (C=O) groups is 2. The molecule has 1 aliphatic heterocycles. The Hall–Kier alpha value is -2.36. The number of benzene rings is 1. The molecule has 9 heteroatoms. The van der Waals surface area contributed by atoms with Crippen LogP contribution in [0, 0.1) is 5.41 Å². The monoisotopic (exact) mass is 529 g/mol. The van der Waals surface area contributed by atoms with Gasteiger partial charge in [-0.05, 0) is 78.4 Å². The average Bonchev–Trinajstić information content (AvgIpc) is 3.13. The second kappa shape index (κ2) is 10.4. The molecule has 2 heterocycles. The molecule has 1 amide bonds. The molecule has 2 aliphatic rings. The van der Waals surface area contributed by atoms with E-state index in [-0.39, 0.29) is 29.3 Å². The molecule has 2 fully saturated rings. The quantitative estimate of drug-likeness (QED) is 0.439. The van der Waals surface area contributed by atoms with Crippen LogP contribution in [0.2, 0.25) is 0 Å². The van der Waals surface area contributed by atoms with E-state index in [0.29, 0.717) is 38.8 Å². The Morgan fingerprint density at radius 3 is 2.41 bits per heavy atom. The minimum atomic E-state index is -1.27. The SMILES string of the molecule is CC(C)(C)OC(=O)N1CCC2(CC1)C[C@H](OC(=O)c1ccc3ccccc3n1)C[C@H]2N[S@+]([O-])C(C)(C)C. The second-order valence-electron chi connectivity index (χ2n) is 12.2. The first-order valence-corrected chi connectivity index (χ1v) is 14.1. The number of hydrogen-bond donors (Lipinski definition) is 1. The molecule has 37 heavy (non-hydrogen) atoms. The van der Waals surface area contributed by atoms with Gasteiger partial charge in [0.15, 0.2) is 0 Å². The van der Waals surface area contributed by atoms with Crippen LogP contribution in [0.3, 0.4) is 0 Å². The Balaban J connectivity index is 1.48. The van der Waals surface area contributed by atoms with Gasteiger partial charge in [0.05, 0.1) is 11.6 Å². The summed E-state index contributed by atoms with van der Waals surface area (Å²) in [4.78, 5) is 31.9. The average molecular weight is 530 g/mol. The van der Waals surface area contributed by atoms with E-state index in [1.165, 1.54) is 0 Å². The highest BCUT2D eigenvalue weighted by Gasteiger charge is 2.53. The summed E-state index contributed by atoms with van der Waals surface area (Å²) in [6.45, 7) is 12.5. The number of ether oxygens (including phenoxy) is 2. The van der Waals surface area contributed by atoms with Crippen LogP contribution in [0.4, 0.5) is 4.79 Å². The fourth-order valence-corrected chi connectivity index (χ4v) is 6.12. The largest absolute Gasteiger partial charge is 0.598 e. The smallest absolute Gasteiger partial charge is 0.410 e. The van der Waals surface area contributed by atoms with Crippen LogP contribution < -0.4 is 4.72 Å². The van der Waals surface area contributed by atoms with Crippen LogP contribution in [0.25, 0.3) is 10.9 Å². The molecule has 3 atom stereocenters. The highest BCUT2D eigenvalue weighted by atomic mass is 32.2. The predicted octanol–water partition coefficient (Wildman–Crippen LogP) is 4.99. The van der Waals surface area contributed by atoms with Gasteiger partial charge in [-0.2, -0.15) is 0 Å². The minimum Gasteiger partial charge on any atom is -0.598 e. The molecule has 0 radical (unpaired) electrons. The minimum absolute atomic E-state index is 0.101. The summed E-state index contributed by atoms with van der Waals surface area (Å²) in [5.41, 5.74) is 0.238. The fourth-order valence-electron chi connectivity index (χ4n) is 5.17. The molecule has 202 valence electrons. The van der Waals surface area contributed by atoms with Crippen molar-refractivity contribution < 1.29 is 23.6 Å². The van der Waals surface area contributed by atoms with Crippen LogP contribution in [0.5, 0.6) is 0 Å². The highest BCUT2D eigenvalue weighted by molar-refractivity contribution is 7.90. The molecule has 1 aromatic heterocycles. The van der Waals surface area contributed by atoms with E-state index in [4.69, 9.17) is 9.47 Å². The zero-order valence-electron chi connectivity index (χ0n) is 22.7. The summed E-state index contributed by atoms with van der Waals surface area (Å²) in [6, 6.07) is 11.1. The van der Waals surface area contributed by atoms with Crippen LogP contribution in [0.15, 0.2) is 36.4 Å². The van der Waals surface area contributed by atoms with Crippen molar-refractivity contribution >= 4 is 34.3 Å². The first kappa shape index (κ1) is 27.7. The number of rotatable bonds is 4. The van der Waals surface area contributed by atoms with Crippen molar-refractivity contribution in [3.05, 3.63) is 42.1 Å². The van der Waals surface area contributed by atoms with Gasteiger partial charge >= 0.3 is 12.1 Å². The number of amides is 1. The summed E-state index contributed by atoms with van der Waals surface area (Å²) in [5, 5.41) is 0.963. The van der Waals surface area contributed by atoms with Crippen molar-refractivity contribution in [3.8, 4) is 0 Å². The number of para-hydroxylation sites is 1. The molecule has 8 nitrogen and oxygen atoms in total. The lowest BCUT2D eigenvalue weighted by molar-refractivity contribution is 0.00490. The van der Waals surface area contributed by atoms with E-state index in [2.05, 4.69) is 9.71 Å². The second-order valence-corrected chi connectivity index (χ2v) is 14.2. The van der Waals surface area contributed by atoms with Gasteiger partial charge in [-0.1, -0.05) is 24.3 Å². The van der Waals surface area contributed by atoms with Crippen LogP contribution in [-0.2, 0) is 20.8 Å². The standard InChI is InChI=1S/C28H39N3O5S/c1-26(2,3)36-25(33)31-15-13-28(14-16-31)18-20(17-23(28)30-37(34)27(4,5)6)35-24(32)22-12-11-19-9-7-8-10-21(19)29-22/h7-12,20,23,30H,13-18H2,1-6H3/t20-,23-,37-/m1/s1. The molecule has 1 aromatic carbocycles. The van der Waals surface area contributed by atoms with E-state index in [1.54, 1.807) is 11.0 Å². The third kappa shape index (κ3) is 6.56. The van der Waals surface area contributed by atoms with E-state index >= 15 is 0 Å². The number of pyridine rings is 1. The van der Waals surface area contributed by atoms with Crippen LogP contribution in [0.1, 0.15) is 77.7 Å². The van der Waals surface area contributed by atoms with Gasteiger partial charge < -0.3 is 18.9 Å². The lowest BCUT2D eigenvalue weighted by Crippen LogP contribution is -2.54. The molecule has 1 spiro atoms. The Morgan fingerprint density at radius 2 is 1.76 bits per heavy atom. The maximum absolute atomic E-state index is 13.0. The number of aromatic nitrogens is 1. The summed E-state index contributed by atoms with van der Waals surface area (Å²) in [6.07, 6.45) is 2.00. The number of carbonyl (C=O) groups excluding carboxylic acids is 2. The van der Waals surface area contributed by atoms with E-state index < -0.39 is 27.7 Å². The van der Waals surface area contributed by atoms with E-state index in [1.807, 2.05) is 71.9 Å². The molecular formula is C28H39N3O5S. The predicted molar refractivity (Wildman–Crippen MR) is 144 cm³/mol. The number of nitrogens with one attached hydrogen (secondary N) is 1. The third-order valence-corrected chi connectivity index (χ3v) is 8.78. The van der Waals surface area contributed by atoms with Crippen molar-refractivity contribution in [3.63, 3.8) is 0 Å². The summed E-state index contributed by atoms with van der Waals surface area (Å²) in [7, 11) is 0. The molecule has 1 saturated carbocycles. The number of esters is 1. The number of likely N-dealkylation sites (tertiary alicyclic amines) is 1. The van der Waals surface area contributed by atoms with Crippen LogP contribution >= 0.6 is 0 Å². The van der Waals surface area contributed by atoms with Crippen molar-refractivity contribution in [1.29, 1.82) is 0 Å². The van der Waals surface area contributed by atoms with E-state index in [9.17, 15) is 14.1 Å². The molecule has 0 bridgehead atoms. The van der Waals surface area contributed by atoms with Crippen molar-refractivity contribution in [2.45, 2.75) is 89.7 Å². The number of fused-ring (bicyclic) bond motifs is 1. The molecule has 0 unspecified atom stereocenters. The Labute approximate surface area is 222 Å². The Morgan fingerprint density at radius 1 is 1.08 bits per heavy atom. The van der Waals surface area contributed by atoms with Crippen molar-refractivity contribution in [2.75, 3.05) is 13.1 Å². The third-order valence-electron chi connectivity index (χ3n) is 7.17. The van der Waals surface area contributed by atoms with Gasteiger partial charge in [-0.25, -0.2) is 14.6 Å². The van der Waals surface area contributed by atoms with Crippen molar-refractivity contribution in [1.82, 2.24) is 14.6 Å². The van der Waals surface area contributed by atoms with Gasteiger partial charge in [-0.15, -0.1) is 4.72 Å². The topological polar surface area (TPSA) is 104 Å². The fraction of sp³-hybridized carbons (Fsp3) is 0.607.